The zero-order valence-corrected chi connectivity index (χ0v) is 12.7. The molecule has 1 amide bonds. The van der Waals surface area contributed by atoms with E-state index in [1.807, 2.05) is 36.4 Å². The molecule has 1 N–H and O–H groups in total. The number of carbonyl (C=O) groups is 1. The summed E-state index contributed by atoms with van der Waals surface area (Å²) in [4.78, 5) is 20.1. The van der Waals surface area contributed by atoms with E-state index in [2.05, 4.69) is 15.3 Å². The predicted octanol–water partition coefficient (Wildman–Crippen LogP) is 3.16. The SMILES string of the molecule is O=C(NCCc1nc2cnccc2s1)OCc1ccccc1. The maximum Gasteiger partial charge on any atom is 0.407 e. The number of amides is 1. The predicted molar refractivity (Wildman–Crippen MR) is 85.7 cm³/mol. The normalized spacial score (nSPS) is 10.5. The summed E-state index contributed by atoms with van der Waals surface area (Å²) in [5.41, 5.74) is 1.87. The molecule has 0 aliphatic rings. The highest BCUT2D eigenvalue weighted by Gasteiger charge is 2.05. The third-order valence-electron chi connectivity index (χ3n) is 3.06. The Hall–Kier alpha value is -2.47. The van der Waals surface area contributed by atoms with Gasteiger partial charge in [0.25, 0.3) is 0 Å². The molecule has 0 radical (unpaired) electrons. The number of thiazole rings is 1. The standard InChI is InChI=1S/C16H15N3O2S/c20-16(21-11-12-4-2-1-3-5-12)18-9-7-15-19-13-10-17-8-6-14(13)22-15/h1-6,8,10H,7,9,11H2,(H,18,20). The fourth-order valence-electron chi connectivity index (χ4n) is 1.98. The van der Waals surface area contributed by atoms with Crippen molar-refractivity contribution in [3.05, 3.63) is 59.4 Å². The van der Waals surface area contributed by atoms with Gasteiger partial charge in [0.05, 0.1) is 21.4 Å². The molecule has 2 heterocycles. The number of hydrogen-bond acceptors (Lipinski definition) is 5. The first-order chi connectivity index (χ1) is 10.8. The minimum Gasteiger partial charge on any atom is -0.445 e. The first-order valence-electron chi connectivity index (χ1n) is 6.95. The first kappa shape index (κ1) is 14.5. The van der Waals surface area contributed by atoms with E-state index < -0.39 is 6.09 Å². The molecule has 6 heteroatoms. The van der Waals surface area contributed by atoms with Crippen LogP contribution in [0.1, 0.15) is 10.6 Å². The molecule has 1 aromatic carbocycles. The zero-order valence-electron chi connectivity index (χ0n) is 11.9. The van der Waals surface area contributed by atoms with Gasteiger partial charge >= 0.3 is 6.09 Å². The van der Waals surface area contributed by atoms with Crippen LogP contribution in [0.4, 0.5) is 4.79 Å². The topological polar surface area (TPSA) is 64.1 Å². The summed E-state index contributed by atoms with van der Waals surface area (Å²) in [5.74, 6) is 0. The number of hydrogen-bond donors (Lipinski definition) is 1. The van der Waals surface area contributed by atoms with Crippen LogP contribution in [0.3, 0.4) is 0 Å². The molecule has 0 fully saturated rings. The van der Waals surface area contributed by atoms with Crippen molar-refractivity contribution in [2.24, 2.45) is 0 Å². The molecule has 3 rings (SSSR count). The van der Waals surface area contributed by atoms with Gasteiger partial charge in [-0.15, -0.1) is 11.3 Å². The average molecular weight is 313 g/mol. The molecule has 0 saturated carbocycles. The van der Waals surface area contributed by atoms with E-state index in [4.69, 9.17) is 4.74 Å². The van der Waals surface area contributed by atoms with Gasteiger partial charge in [-0.05, 0) is 11.6 Å². The van der Waals surface area contributed by atoms with E-state index >= 15 is 0 Å². The minimum absolute atomic E-state index is 0.277. The van der Waals surface area contributed by atoms with Crippen LogP contribution in [0, 0.1) is 0 Å². The minimum atomic E-state index is -0.411. The van der Waals surface area contributed by atoms with E-state index in [1.54, 1.807) is 23.7 Å². The van der Waals surface area contributed by atoms with E-state index in [0.717, 1.165) is 20.8 Å². The number of ether oxygens (including phenoxy) is 1. The number of nitrogens with zero attached hydrogens (tertiary/aromatic N) is 2. The molecule has 0 aliphatic heterocycles. The van der Waals surface area contributed by atoms with Gasteiger partial charge in [-0.1, -0.05) is 30.3 Å². The van der Waals surface area contributed by atoms with Crippen LogP contribution in [0.25, 0.3) is 10.2 Å². The Kier molecular flexibility index (Phi) is 4.60. The largest absolute Gasteiger partial charge is 0.445 e. The average Bonchev–Trinajstić information content (AvgIpc) is 2.96. The summed E-state index contributed by atoms with van der Waals surface area (Å²) in [5, 5.41) is 3.71. The number of rotatable bonds is 5. The molecular formula is C16H15N3O2S. The van der Waals surface area contributed by atoms with Crippen molar-refractivity contribution in [2.75, 3.05) is 6.54 Å². The fourth-order valence-corrected chi connectivity index (χ4v) is 2.91. The lowest BCUT2D eigenvalue weighted by Gasteiger charge is -2.06. The van der Waals surface area contributed by atoms with Crippen molar-refractivity contribution in [3.8, 4) is 0 Å². The Morgan fingerprint density at radius 1 is 1.23 bits per heavy atom. The highest BCUT2D eigenvalue weighted by molar-refractivity contribution is 7.18. The maximum atomic E-state index is 11.6. The molecule has 0 spiro atoms. The van der Waals surface area contributed by atoms with Crippen molar-refractivity contribution < 1.29 is 9.53 Å². The van der Waals surface area contributed by atoms with Crippen LogP contribution < -0.4 is 5.32 Å². The van der Waals surface area contributed by atoms with Crippen molar-refractivity contribution >= 4 is 27.6 Å². The van der Waals surface area contributed by atoms with Gasteiger partial charge < -0.3 is 10.1 Å². The third kappa shape index (κ3) is 3.79. The molecule has 112 valence electrons. The number of aromatic nitrogens is 2. The van der Waals surface area contributed by atoms with Crippen LogP contribution in [0.15, 0.2) is 48.8 Å². The molecule has 2 aromatic heterocycles. The Balaban J connectivity index is 1.43. The van der Waals surface area contributed by atoms with Crippen LogP contribution in [-0.2, 0) is 17.8 Å². The molecule has 0 aliphatic carbocycles. The van der Waals surface area contributed by atoms with Crippen LogP contribution in [0.2, 0.25) is 0 Å². The molecular weight excluding hydrogens is 298 g/mol. The van der Waals surface area contributed by atoms with Crippen LogP contribution in [0.5, 0.6) is 0 Å². The number of nitrogens with one attached hydrogen (secondary N) is 1. The maximum absolute atomic E-state index is 11.6. The highest BCUT2D eigenvalue weighted by atomic mass is 32.1. The van der Waals surface area contributed by atoms with Gasteiger partial charge in [0.1, 0.15) is 6.61 Å². The second kappa shape index (κ2) is 7.00. The highest BCUT2D eigenvalue weighted by Crippen LogP contribution is 2.20. The number of fused-ring (bicyclic) bond motifs is 1. The number of alkyl carbamates (subject to hydrolysis) is 1. The lowest BCUT2D eigenvalue weighted by atomic mass is 10.2. The van der Waals surface area contributed by atoms with Crippen molar-refractivity contribution in [3.63, 3.8) is 0 Å². The van der Waals surface area contributed by atoms with Crippen molar-refractivity contribution in [1.29, 1.82) is 0 Å². The molecule has 5 nitrogen and oxygen atoms in total. The van der Waals surface area contributed by atoms with Crippen molar-refractivity contribution in [1.82, 2.24) is 15.3 Å². The smallest absolute Gasteiger partial charge is 0.407 e. The molecule has 0 saturated heterocycles. The summed E-state index contributed by atoms with van der Waals surface area (Å²) in [7, 11) is 0. The van der Waals surface area contributed by atoms with E-state index in [-0.39, 0.29) is 6.61 Å². The van der Waals surface area contributed by atoms with Crippen LogP contribution in [-0.4, -0.2) is 22.6 Å². The van der Waals surface area contributed by atoms with E-state index in [1.165, 1.54) is 0 Å². The van der Waals surface area contributed by atoms with Gasteiger partial charge in [0, 0.05) is 19.2 Å². The monoisotopic (exact) mass is 313 g/mol. The lowest BCUT2D eigenvalue weighted by Crippen LogP contribution is -2.26. The van der Waals surface area contributed by atoms with Crippen molar-refractivity contribution in [2.45, 2.75) is 13.0 Å². The zero-order chi connectivity index (χ0) is 15.2. The molecule has 3 aromatic rings. The van der Waals surface area contributed by atoms with Gasteiger partial charge in [0.2, 0.25) is 0 Å². The summed E-state index contributed by atoms with van der Waals surface area (Å²) in [6, 6.07) is 11.5. The Labute approximate surface area is 132 Å². The summed E-state index contributed by atoms with van der Waals surface area (Å²) in [6.45, 7) is 0.778. The molecule has 22 heavy (non-hydrogen) atoms. The van der Waals surface area contributed by atoms with Gasteiger partial charge in [-0.25, -0.2) is 9.78 Å². The third-order valence-corrected chi connectivity index (χ3v) is 4.15. The summed E-state index contributed by atoms with van der Waals surface area (Å²) < 4.78 is 6.26. The second-order valence-corrected chi connectivity index (χ2v) is 5.80. The van der Waals surface area contributed by atoms with Crippen LogP contribution >= 0.6 is 11.3 Å². The summed E-state index contributed by atoms with van der Waals surface area (Å²) in [6.07, 6.45) is 3.77. The van der Waals surface area contributed by atoms with E-state index in [9.17, 15) is 4.79 Å². The van der Waals surface area contributed by atoms with E-state index in [0.29, 0.717) is 13.0 Å². The quantitative estimate of drug-likeness (QED) is 0.786. The fraction of sp³-hybridized carbons (Fsp3) is 0.188. The Morgan fingerprint density at radius 2 is 2.09 bits per heavy atom. The Bertz CT molecular complexity index is 725. The molecule has 0 unspecified atom stereocenters. The lowest BCUT2D eigenvalue weighted by molar-refractivity contribution is 0.140. The Morgan fingerprint density at radius 3 is 2.91 bits per heavy atom. The number of carbonyl (C=O) groups excluding carboxylic acids is 1. The summed E-state index contributed by atoms with van der Waals surface area (Å²) >= 11 is 1.62. The molecule has 0 bridgehead atoms. The van der Waals surface area contributed by atoms with Gasteiger partial charge in [-0.2, -0.15) is 0 Å². The van der Waals surface area contributed by atoms with Gasteiger partial charge in [-0.3, -0.25) is 4.98 Å². The number of pyridine rings is 1. The first-order valence-corrected chi connectivity index (χ1v) is 7.77. The second-order valence-electron chi connectivity index (χ2n) is 4.69. The molecule has 0 atom stereocenters. The number of benzene rings is 1. The van der Waals surface area contributed by atoms with Gasteiger partial charge in [0.15, 0.2) is 0 Å².